The van der Waals surface area contributed by atoms with Gasteiger partial charge in [-0.15, -0.1) is 0 Å². The van der Waals surface area contributed by atoms with Crippen molar-refractivity contribution < 1.29 is 19.3 Å². The molecule has 0 aliphatic heterocycles. The van der Waals surface area contributed by atoms with Gasteiger partial charge in [-0.3, -0.25) is 40.7 Å². The Labute approximate surface area is 212 Å². The molecule has 38 heavy (non-hydrogen) atoms. The summed E-state index contributed by atoms with van der Waals surface area (Å²) in [5.41, 5.74) is 2.13. The number of nitro groups is 2. The van der Waals surface area contributed by atoms with Gasteiger partial charge in [-0.1, -0.05) is 24.3 Å². The normalized spacial score (nSPS) is 11.8. The monoisotopic (exact) mass is 518 g/mol. The third-order valence-electron chi connectivity index (χ3n) is 5.45. The van der Waals surface area contributed by atoms with Gasteiger partial charge in [0.25, 0.3) is 22.2 Å². The maximum atomic E-state index is 13.0. The molecule has 2 N–H and O–H groups in total. The van der Waals surface area contributed by atoms with Gasteiger partial charge in [-0.25, -0.2) is 0 Å². The van der Waals surface area contributed by atoms with Gasteiger partial charge in [0.2, 0.25) is 0 Å². The van der Waals surface area contributed by atoms with Crippen LogP contribution in [0.15, 0.2) is 80.5 Å². The summed E-state index contributed by atoms with van der Waals surface area (Å²) in [5, 5.41) is 30.8. The van der Waals surface area contributed by atoms with E-state index >= 15 is 0 Å². The second-order valence-electron chi connectivity index (χ2n) is 7.63. The number of ether oxygens (including phenoxy) is 2. The number of hydrogen-bond acceptors (Lipinski definition) is 12. The Hall–Kier alpha value is -5.66. The van der Waals surface area contributed by atoms with Gasteiger partial charge in [0, 0.05) is 10.8 Å². The highest BCUT2D eigenvalue weighted by atomic mass is 16.6. The molecule has 0 saturated heterocycles. The zero-order valence-electron chi connectivity index (χ0n) is 19.8. The van der Waals surface area contributed by atoms with Gasteiger partial charge in [0.1, 0.15) is 33.6 Å². The molecule has 4 aromatic rings. The van der Waals surface area contributed by atoms with Crippen molar-refractivity contribution in [2.45, 2.75) is 0 Å². The van der Waals surface area contributed by atoms with Gasteiger partial charge < -0.3 is 9.47 Å². The molecule has 4 aromatic carbocycles. The molecule has 0 aliphatic rings. The van der Waals surface area contributed by atoms with Crippen LogP contribution < -0.4 is 41.9 Å². The molecule has 0 heterocycles. The van der Waals surface area contributed by atoms with Crippen LogP contribution in [0.25, 0.3) is 10.8 Å². The summed E-state index contributed by atoms with van der Waals surface area (Å²) in [6.07, 6.45) is 0. The Balaban J connectivity index is 1.86. The largest absolute Gasteiger partial charge is 0.496 e. The van der Waals surface area contributed by atoms with E-state index in [2.05, 4.69) is 21.1 Å². The molecule has 0 atom stereocenters. The first-order valence-electron chi connectivity index (χ1n) is 10.8. The lowest BCUT2D eigenvalue weighted by atomic mass is 10.1. The molecule has 4 rings (SSSR count). The van der Waals surface area contributed by atoms with Gasteiger partial charge >= 0.3 is 0 Å². The Bertz CT molecular complexity index is 1680. The molecule has 0 aromatic heterocycles. The Kier molecular flexibility index (Phi) is 7.05. The molecule has 0 spiro atoms. The average molecular weight is 518 g/mol. The fourth-order valence-electron chi connectivity index (χ4n) is 3.58. The third-order valence-corrected chi connectivity index (χ3v) is 5.45. The van der Waals surface area contributed by atoms with Crippen molar-refractivity contribution in [3.05, 3.63) is 112 Å². The highest BCUT2D eigenvalue weighted by Crippen LogP contribution is 2.29. The first-order chi connectivity index (χ1) is 18.2. The van der Waals surface area contributed by atoms with E-state index in [1.165, 1.54) is 62.8 Å². The minimum Gasteiger partial charge on any atom is -0.496 e. The maximum Gasteiger partial charge on any atom is 0.297 e. The summed E-state index contributed by atoms with van der Waals surface area (Å²) in [6, 6.07) is 14.2. The fraction of sp³-hybridized carbons (Fsp3) is 0.0833. The SMILES string of the molecule is COc1ccc(N/N=c2\c(=O)c(=O)/c(=N/Nc3ccc(OC)cc3[N+](=O)[O-])c3ccccc23)c([N+](=O)[O-])c1. The summed E-state index contributed by atoms with van der Waals surface area (Å²) in [4.78, 5) is 47.6. The minimum absolute atomic E-state index is 0.0334. The van der Waals surface area contributed by atoms with Crippen LogP contribution in [0, 0.1) is 20.2 Å². The van der Waals surface area contributed by atoms with Crippen molar-refractivity contribution in [2.75, 3.05) is 25.1 Å². The summed E-state index contributed by atoms with van der Waals surface area (Å²) >= 11 is 0. The van der Waals surface area contributed by atoms with E-state index in [0.29, 0.717) is 0 Å². The average Bonchev–Trinajstić information content (AvgIpc) is 2.92. The molecule has 14 nitrogen and oxygen atoms in total. The number of rotatable bonds is 8. The van der Waals surface area contributed by atoms with E-state index in [0.717, 1.165) is 0 Å². The number of methoxy groups -OCH3 is 2. The number of anilines is 2. The van der Waals surface area contributed by atoms with E-state index in [1.807, 2.05) is 0 Å². The summed E-state index contributed by atoms with van der Waals surface area (Å²) in [5.74, 6) is 0.490. The predicted molar refractivity (Wildman–Crippen MR) is 137 cm³/mol. The van der Waals surface area contributed by atoms with Crippen LogP contribution >= 0.6 is 0 Å². The third kappa shape index (κ3) is 4.86. The standard InChI is InChI=1S/C24H18N6O8/c1-37-13-7-9-17(19(11-13)29(33)34)25-27-21-15-5-3-4-6-16(15)22(24(32)23(21)31)28-26-18-10-8-14(38-2)12-20(18)30(35)36/h3-12,25-26H,1-2H3/b27-21-,28-22+. The van der Waals surface area contributed by atoms with Crippen molar-refractivity contribution in [1.82, 2.24) is 0 Å². The van der Waals surface area contributed by atoms with Gasteiger partial charge in [-0.2, -0.15) is 10.2 Å². The zero-order valence-corrected chi connectivity index (χ0v) is 19.8. The first kappa shape index (κ1) is 25.4. The first-order valence-corrected chi connectivity index (χ1v) is 10.8. The molecule has 0 bridgehead atoms. The lowest BCUT2D eigenvalue weighted by Gasteiger charge is -2.06. The summed E-state index contributed by atoms with van der Waals surface area (Å²) in [6.45, 7) is 0. The van der Waals surface area contributed by atoms with Gasteiger partial charge in [0.15, 0.2) is 0 Å². The van der Waals surface area contributed by atoms with Crippen LogP contribution in [0.3, 0.4) is 0 Å². The van der Waals surface area contributed by atoms with E-state index < -0.39 is 20.7 Å². The molecule has 0 aliphatic carbocycles. The molecule has 14 heteroatoms. The van der Waals surface area contributed by atoms with E-state index in [9.17, 15) is 29.8 Å². The fourth-order valence-corrected chi connectivity index (χ4v) is 3.58. The van der Waals surface area contributed by atoms with Gasteiger partial charge in [0.05, 0.1) is 36.2 Å². The second kappa shape index (κ2) is 10.5. The number of nitro benzene ring substituents is 2. The molecule has 0 saturated carbocycles. The Morgan fingerprint density at radius 3 is 1.42 bits per heavy atom. The summed E-state index contributed by atoms with van der Waals surface area (Å²) < 4.78 is 10.0. The van der Waals surface area contributed by atoms with Crippen LogP contribution in [-0.4, -0.2) is 24.1 Å². The van der Waals surface area contributed by atoms with E-state index in [4.69, 9.17) is 9.47 Å². The highest BCUT2D eigenvalue weighted by Gasteiger charge is 2.17. The maximum absolute atomic E-state index is 13.0. The molecule has 0 fully saturated rings. The van der Waals surface area contributed by atoms with Crippen molar-refractivity contribution in [3.8, 4) is 11.5 Å². The van der Waals surface area contributed by atoms with Crippen LogP contribution in [0.1, 0.15) is 0 Å². The predicted octanol–water partition coefficient (Wildman–Crippen LogP) is 2.13. The zero-order chi connectivity index (χ0) is 27.4. The number of hydrogen-bond donors (Lipinski definition) is 2. The number of benzene rings is 4. The molecular weight excluding hydrogens is 500 g/mol. The van der Waals surface area contributed by atoms with Crippen LogP contribution in [-0.2, 0) is 0 Å². The molecule has 0 unspecified atom stereocenters. The Morgan fingerprint density at radius 1 is 0.684 bits per heavy atom. The quantitative estimate of drug-likeness (QED) is 0.199. The Morgan fingerprint density at radius 2 is 1.08 bits per heavy atom. The van der Waals surface area contributed by atoms with Crippen molar-refractivity contribution in [2.24, 2.45) is 10.2 Å². The number of nitrogens with zero attached hydrogens (tertiary/aromatic N) is 4. The molecule has 192 valence electrons. The topological polar surface area (TPSA) is 188 Å². The molecular formula is C24H18N6O8. The van der Waals surface area contributed by atoms with Crippen molar-refractivity contribution >= 4 is 33.5 Å². The number of nitrogens with one attached hydrogen (secondary N) is 2. The van der Waals surface area contributed by atoms with Crippen LogP contribution in [0.5, 0.6) is 11.5 Å². The van der Waals surface area contributed by atoms with E-state index in [1.54, 1.807) is 12.1 Å². The van der Waals surface area contributed by atoms with Crippen molar-refractivity contribution in [1.29, 1.82) is 0 Å². The number of fused-ring (bicyclic) bond motifs is 1. The lowest BCUT2D eigenvalue weighted by Crippen LogP contribution is -2.48. The second-order valence-corrected chi connectivity index (χ2v) is 7.63. The highest BCUT2D eigenvalue weighted by molar-refractivity contribution is 5.81. The van der Waals surface area contributed by atoms with Crippen molar-refractivity contribution in [3.63, 3.8) is 0 Å². The lowest BCUT2D eigenvalue weighted by molar-refractivity contribution is -0.384. The minimum atomic E-state index is -1.03. The summed E-state index contributed by atoms with van der Waals surface area (Å²) in [7, 11) is 2.72. The van der Waals surface area contributed by atoms with Crippen LogP contribution in [0.2, 0.25) is 0 Å². The molecule has 0 radical (unpaired) electrons. The van der Waals surface area contributed by atoms with Crippen LogP contribution in [0.4, 0.5) is 22.7 Å². The van der Waals surface area contributed by atoms with Gasteiger partial charge in [-0.05, 0) is 24.3 Å². The van der Waals surface area contributed by atoms with E-state index in [-0.39, 0.29) is 55.7 Å². The molecule has 0 amide bonds. The smallest absolute Gasteiger partial charge is 0.297 e.